The molecule has 8 heteroatoms. The van der Waals surface area contributed by atoms with Crippen LogP contribution in [0.5, 0.6) is 5.75 Å². The number of hydrogen-bond donors (Lipinski definition) is 0. The normalized spacial score (nSPS) is 12.2. The van der Waals surface area contributed by atoms with Crippen LogP contribution in [0.15, 0.2) is 12.1 Å². The zero-order valence-electron chi connectivity index (χ0n) is 8.63. The minimum absolute atomic E-state index is 0.0126. The third-order valence-electron chi connectivity index (χ3n) is 1.60. The van der Waals surface area contributed by atoms with E-state index in [0.29, 0.717) is 12.1 Å². The average Bonchev–Trinajstić information content (AvgIpc) is 2.23. The third kappa shape index (κ3) is 3.57. The molecule has 0 saturated carbocycles. The molecule has 1 atom stereocenters. The molecule has 0 saturated heterocycles. The lowest BCUT2D eigenvalue weighted by Gasteiger charge is -2.06. The maximum atomic E-state index is 13.0. The number of benzene rings is 1. The summed E-state index contributed by atoms with van der Waals surface area (Å²) < 4.78 is 58.2. The summed E-state index contributed by atoms with van der Waals surface area (Å²) in [6.45, 7) is 1.47. The Morgan fingerprint density at radius 3 is 2.29 bits per heavy atom. The number of ether oxygens (including phenoxy) is 1. The van der Waals surface area contributed by atoms with Gasteiger partial charge in [-0.3, -0.25) is 4.57 Å². The minimum atomic E-state index is -3.20. The fourth-order valence-corrected chi connectivity index (χ4v) is 1.52. The molecule has 0 N–H and O–H groups in total. The first-order valence-corrected chi connectivity index (χ1v) is 5.80. The zero-order valence-corrected chi connectivity index (χ0v) is 9.63. The van der Waals surface area contributed by atoms with Gasteiger partial charge in [0.15, 0.2) is 11.6 Å². The average molecular weight is 268 g/mol. The Labute approximate surface area is 95.2 Å². The van der Waals surface area contributed by atoms with E-state index in [1.807, 2.05) is 0 Å². The van der Waals surface area contributed by atoms with Crippen molar-refractivity contribution in [2.45, 2.75) is 6.92 Å². The highest BCUT2D eigenvalue weighted by Crippen LogP contribution is 2.29. The van der Waals surface area contributed by atoms with Crippen molar-refractivity contribution < 1.29 is 31.8 Å². The molecular formula is C9H8F3O4P. The molecule has 17 heavy (non-hydrogen) atoms. The van der Waals surface area contributed by atoms with Crippen LogP contribution in [-0.4, -0.2) is 12.3 Å². The van der Waals surface area contributed by atoms with Crippen molar-refractivity contribution in [3.8, 4) is 5.75 Å². The molecule has 1 rings (SSSR count). The van der Waals surface area contributed by atoms with Gasteiger partial charge in [-0.2, -0.15) is 0 Å². The van der Waals surface area contributed by atoms with Gasteiger partial charge in [-0.25, -0.2) is 18.0 Å². The van der Waals surface area contributed by atoms with E-state index in [9.17, 15) is 22.5 Å². The van der Waals surface area contributed by atoms with Crippen LogP contribution in [0, 0.1) is 17.5 Å². The lowest BCUT2D eigenvalue weighted by Crippen LogP contribution is -2.05. The summed E-state index contributed by atoms with van der Waals surface area (Å²) in [5.41, 5.74) is -1.40. The number of carbonyl (C=O) groups is 1. The van der Waals surface area contributed by atoms with Gasteiger partial charge >= 0.3 is 5.71 Å². The van der Waals surface area contributed by atoms with Gasteiger partial charge in [0.25, 0.3) is 8.03 Å². The Morgan fingerprint density at radius 1 is 1.29 bits per heavy atom. The summed E-state index contributed by atoms with van der Waals surface area (Å²) in [5.74, 6) is -5.06. The maximum absolute atomic E-state index is 13.0. The fourth-order valence-electron chi connectivity index (χ4n) is 0.951. The van der Waals surface area contributed by atoms with Crippen molar-refractivity contribution in [2.75, 3.05) is 6.61 Å². The molecule has 94 valence electrons. The van der Waals surface area contributed by atoms with Gasteiger partial charge in [-0.05, 0) is 6.92 Å². The summed E-state index contributed by atoms with van der Waals surface area (Å²) in [7, 11) is -3.20. The topological polar surface area (TPSA) is 52.6 Å². The van der Waals surface area contributed by atoms with E-state index in [4.69, 9.17) is 0 Å². The molecule has 0 aliphatic rings. The molecule has 4 nitrogen and oxygen atoms in total. The lowest BCUT2D eigenvalue weighted by molar-refractivity contribution is 0.214. The Kier molecular flexibility index (Phi) is 4.72. The quantitative estimate of drug-likeness (QED) is 0.787. The summed E-state index contributed by atoms with van der Waals surface area (Å²) in [6.07, 6.45) is 0. The minimum Gasteiger partial charge on any atom is -0.413 e. The first-order chi connectivity index (χ1) is 7.95. The molecule has 0 aliphatic carbocycles. The molecule has 0 spiro atoms. The molecule has 1 aromatic rings. The van der Waals surface area contributed by atoms with E-state index in [0.717, 1.165) is 0 Å². The molecular weight excluding hydrogens is 260 g/mol. The van der Waals surface area contributed by atoms with Crippen LogP contribution in [-0.2, 0) is 9.09 Å². The number of rotatable bonds is 4. The molecule has 0 radical (unpaired) electrons. The molecule has 0 aromatic heterocycles. The van der Waals surface area contributed by atoms with Crippen LogP contribution >= 0.6 is 8.03 Å². The van der Waals surface area contributed by atoms with Gasteiger partial charge in [0.05, 0.1) is 6.61 Å². The van der Waals surface area contributed by atoms with Crippen molar-refractivity contribution in [2.24, 2.45) is 0 Å². The van der Waals surface area contributed by atoms with Crippen LogP contribution < -0.4 is 4.74 Å². The standard InChI is InChI=1S/C9H8F3O4P/c1-2-15-17(14)9(13)16-8-6(11)3-5(10)4-7(8)12/h3-4,17H,2H2,1H3. The van der Waals surface area contributed by atoms with Gasteiger partial charge in [-0.15, -0.1) is 0 Å². The maximum Gasteiger partial charge on any atom is 0.394 e. The van der Waals surface area contributed by atoms with Gasteiger partial charge in [-0.1, -0.05) is 0 Å². The van der Waals surface area contributed by atoms with Crippen LogP contribution in [0.25, 0.3) is 0 Å². The predicted octanol–water partition coefficient (Wildman–Crippen LogP) is 3.11. The van der Waals surface area contributed by atoms with Gasteiger partial charge in [0.1, 0.15) is 5.82 Å². The number of carbonyl (C=O) groups excluding carboxylic acids is 1. The summed E-state index contributed by atoms with van der Waals surface area (Å²) in [4.78, 5) is 11.1. The predicted molar refractivity (Wildman–Crippen MR) is 53.0 cm³/mol. The molecule has 0 bridgehead atoms. The number of hydrogen-bond acceptors (Lipinski definition) is 4. The Balaban J connectivity index is 2.89. The molecule has 1 aromatic carbocycles. The second-order valence-electron chi connectivity index (χ2n) is 2.81. The van der Waals surface area contributed by atoms with Crippen molar-refractivity contribution in [1.82, 2.24) is 0 Å². The van der Waals surface area contributed by atoms with Crippen LogP contribution in [0.1, 0.15) is 6.92 Å². The highest BCUT2D eigenvalue weighted by atomic mass is 31.1. The second kappa shape index (κ2) is 5.84. The third-order valence-corrected chi connectivity index (χ3v) is 2.59. The van der Waals surface area contributed by atoms with E-state index in [2.05, 4.69) is 9.26 Å². The first-order valence-electron chi connectivity index (χ1n) is 4.49. The fraction of sp³-hybridized carbons (Fsp3) is 0.222. The van der Waals surface area contributed by atoms with Crippen molar-refractivity contribution >= 4 is 13.7 Å². The molecule has 0 amide bonds. The van der Waals surface area contributed by atoms with Gasteiger partial charge < -0.3 is 9.26 Å². The molecule has 0 heterocycles. The van der Waals surface area contributed by atoms with E-state index in [1.165, 1.54) is 6.92 Å². The smallest absolute Gasteiger partial charge is 0.394 e. The Hall–Kier alpha value is -1.33. The largest absolute Gasteiger partial charge is 0.413 e. The Bertz CT molecular complexity index is 441. The molecule has 0 fully saturated rings. The van der Waals surface area contributed by atoms with Crippen LogP contribution in [0.4, 0.5) is 18.0 Å². The molecule has 0 aliphatic heterocycles. The lowest BCUT2D eigenvalue weighted by atomic mass is 10.3. The summed E-state index contributed by atoms with van der Waals surface area (Å²) >= 11 is 0. The van der Waals surface area contributed by atoms with Gasteiger partial charge in [0, 0.05) is 12.1 Å². The first kappa shape index (κ1) is 13.7. The van der Waals surface area contributed by atoms with Crippen molar-refractivity contribution in [1.29, 1.82) is 0 Å². The Morgan fingerprint density at radius 2 is 1.82 bits per heavy atom. The highest BCUT2D eigenvalue weighted by molar-refractivity contribution is 7.58. The second-order valence-corrected chi connectivity index (χ2v) is 4.08. The summed E-state index contributed by atoms with van der Waals surface area (Å²) in [5, 5.41) is 0. The van der Waals surface area contributed by atoms with E-state index < -0.39 is 36.9 Å². The molecule has 1 unspecified atom stereocenters. The van der Waals surface area contributed by atoms with Crippen LogP contribution in [0.2, 0.25) is 0 Å². The van der Waals surface area contributed by atoms with E-state index >= 15 is 0 Å². The van der Waals surface area contributed by atoms with Crippen molar-refractivity contribution in [3.05, 3.63) is 29.6 Å². The van der Waals surface area contributed by atoms with Crippen LogP contribution in [0.3, 0.4) is 0 Å². The SMILES string of the molecule is CCO[PH](=O)C(=O)Oc1c(F)cc(F)cc1F. The monoisotopic (exact) mass is 268 g/mol. The van der Waals surface area contributed by atoms with E-state index in [-0.39, 0.29) is 6.61 Å². The summed E-state index contributed by atoms with van der Waals surface area (Å²) in [6, 6.07) is 0.674. The zero-order chi connectivity index (χ0) is 13.0. The highest BCUT2D eigenvalue weighted by Gasteiger charge is 2.20. The number of halogens is 3. The van der Waals surface area contributed by atoms with E-state index in [1.54, 1.807) is 0 Å². The van der Waals surface area contributed by atoms with Crippen molar-refractivity contribution in [3.63, 3.8) is 0 Å². The van der Waals surface area contributed by atoms with Gasteiger partial charge in [0.2, 0.25) is 5.75 Å².